The fourth-order valence-electron chi connectivity index (χ4n) is 2.26. The standard InChI is InChI=1S/C19H14ClFO/c20-17-10-5-11-18(21)19(17)15-8-4-9-16(12-15)22-13-14-6-2-1-3-7-14/h1-12H,13H2. The van der Waals surface area contributed by atoms with Crippen LogP contribution in [0.2, 0.25) is 5.02 Å². The van der Waals surface area contributed by atoms with E-state index in [1.54, 1.807) is 18.2 Å². The molecule has 0 aromatic heterocycles. The monoisotopic (exact) mass is 312 g/mol. The van der Waals surface area contributed by atoms with Crippen LogP contribution in [0.4, 0.5) is 4.39 Å². The first-order valence-corrected chi connectivity index (χ1v) is 7.33. The van der Waals surface area contributed by atoms with E-state index in [1.807, 2.05) is 48.5 Å². The molecule has 0 amide bonds. The number of rotatable bonds is 4. The van der Waals surface area contributed by atoms with E-state index in [1.165, 1.54) is 6.07 Å². The summed E-state index contributed by atoms with van der Waals surface area (Å²) >= 11 is 6.11. The van der Waals surface area contributed by atoms with Crippen molar-refractivity contribution in [1.29, 1.82) is 0 Å². The molecule has 0 aliphatic carbocycles. The van der Waals surface area contributed by atoms with Gasteiger partial charge in [-0.1, -0.05) is 60.1 Å². The van der Waals surface area contributed by atoms with Crippen molar-refractivity contribution in [2.75, 3.05) is 0 Å². The van der Waals surface area contributed by atoms with E-state index in [9.17, 15) is 4.39 Å². The van der Waals surface area contributed by atoms with E-state index < -0.39 is 0 Å². The smallest absolute Gasteiger partial charge is 0.132 e. The van der Waals surface area contributed by atoms with Gasteiger partial charge in [-0.25, -0.2) is 4.39 Å². The van der Waals surface area contributed by atoms with Crippen molar-refractivity contribution >= 4 is 11.6 Å². The third kappa shape index (κ3) is 3.29. The fourth-order valence-corrected chi connectivity index (χ4v) is 2.53. The van der Waals surface area contributed by atoms with Crippen LogP contribution in [0, 0.1) is 5.82 Å². The van der Waals surface area contributed by atoms with Gasteiger partial charge in [0.2, 0.25) is 0 Å². The summed E-state index contributed by atoms with van der Waals surface area (Å²) in [5.41, 5.74) is 2.18. The number of hydrogen-bond donors (Lipinski definition) is 0. The topological polar surface area (TPSA) is 9.23 Å². The summed E-state index contributed by atoms with van der Waals surface area (Å²) in [6.45, 7) is 0.468. The minimum Gasteiger partial charge on any atom is -0.489 e. The molecule has 0 aliphatic rings. The molecule has 1 nitrogen and oxygen atoms in total. The Morgan fingerprint density at radius 1 is 0.864 bits per heavy atom. The maximum atomic E-state index is 14.0. The predicted octanol–water partition coefficient (Wildman–Crippen LogP) is 5.73. The molecule has 0 saturated heterocycles. The highest BCUT2D eigenvalue weighted by molar-refractivity contribution is 6.33. The zero-order chi connectivity index (χ0) is 15.4. The summed E-state index contributed by atoms with van der Waals surface area (Å²) in [4.78, 5) is 0. The van der Waals surface area contributed by atoms with E-state index in [2.05, 4.69) is 0 Å². The molecule has 0 radical (unpaired) electrons. The lowest BCUT2D eigenvalue weighted by atomic mass is 10.0. The van der Waals surface area contributed by atoms with Crippen molar-refractivity contribution in [3.8, 4) is 16.9 Å². The molecule has 3 heteroatoms. The molecule has 3 aromatic carbocycles. The van der Waals surface area contributed by atoms with Crippen LogP contribution < -0.4 is 4.74 Å². The second-order valence-corrected chi connectivity index (χ2v) is 5.31. The predicted molar refractivity (Wildman–Crippen MR) is 87.6 cm³/mol. The lowest BCUT2D eigenvalue weighted by molar-refractivity contribution is 0.306. The Hall–Kier alpha value is -2.32. The van der Waals surface area contributed by atoms with Crippen molar-refractivity contribution in [1.82, 2.24) is 0 Å². The quantitative estimate of drug-likeness (QED) is 0.598. The van der Waals surface area contributed by atoms with Gasteiger partial charge in [-0.2, -0.15) is 0 Å². The van der Waals surface area contributed by atoms with Crippen LogP contribution in [-0.2, 0) is 6.61 Å². The summed E-state index contributed by atoms with van der Waals surface area (Å²) in [6.07, 6.45) is 0. The lowest BCUT2D eigenvalue weighted by Crippen LogP contribution is -1.95. The van der Waals surface area contributed by atoms with Crippen LogP contribution in [-0.4, -0.2) is 0 Å². The summed E-state index contributed by atoms with van der Waals surface area (Å²) in [5.74, 6) is 0.341. The Balaban J connectivity index is 1.84. The summed E-state index contributed by atoms with van der Waals surface area (Å²) in [7, 11) is 0. The van der Waals surface area contributed by atoms with E-state index in [4.69, 9.17) is 16.3 Å². The molecular formula is C19H14ClFO. The Kier molecular flexibility index (Phi) is 4.40. The molecule has 0 N–H and O–H groups in total. The molecule has 0 fully saturated rings. The molecule has 0 bridgehead atoms. The zero-order valence-electron chi connectivity index (χ0n) is 11.8. The van der Waals surface area contributed by atoms with Crippen LogP contribution in [0.25, 0.3) is 11.1 Å². The number of ether oxygens (including phenoxy) is 1. The van der Waals surface area contributed by atoms with Gasteiger partial charge in [-0.3, -0.25) is 0 Å². The molecule has 0 heterocycles. The largest absolute Gasteiger partial charge is 0.489 e. The van der Waals surface area contributed by atoms with Crippen molar-refractivity contribution in [3.05, 3.63) is 89.2 Å². The van der Waals surface area contributed by atoms with E-state index in [0.717, 1.165) is 5.56 Å². The van der Waals surface area contributed by atoms with Crippen LogP contribution in [0.5, 0.6) is 5.75 Å². The maximum absolute atomic E-state index is 14.0. The highest BCUT2D eigenvalue weighted by Gasteiger charge is 2.10. The number of hydrogen-bond acceptors (Lipinski definition) is 1. The fraction of sp³-hybridized carbons (Fsp3) is 0.0526. The Bertz CT molecular complexity index is 751. The van der Waals surface area contributed by atoms with Gasteiger partial charge in [0.15, 0.2) is 0 Å². The first-order chi connectivity index (χ1) is 10.7. The normalized spacial score (nSPS) is 10.5. The van der Waals surface area contributed by atoms with Gasteiger partial charge in [0.05, 0.1) is 5.02 Å². The first-order valence-electron chi connectivity index (χ1n) is 6.95. The summed E-state index contributed by atoms with van der Waals surface area (Å²) < 4.78 is 19.8. The molecule has 3 rings (SSSR count). The molecule has 0 atom stereocenters. The zero-order valence-corrected chi connectivity index (χ0v) is 12.6. The van der Waals surface area contributed by atoms with Gasteiger partial charge in [-0.05, 0) is 35.4 Å². The molecule has 0 unspecified atom stereocenters. The van der Waals surface area contributed by atoms with Crippen LogP contribution in [0.15, 0.2) is 72.8 Å². The van der Waals surface area contributed by atoms with Gasteiger partial charge in [0, 0.05) is 5.56 Å². The van der Waals surface area contributed by atoms with Gasteiger partial charge in [-0.15, -0.1) is 0 Å². The van der Waals surface area contributed by atoms with Crippen molar-refractivity contribution in [2.24, 2.45) is 0 Å². The molecule has 0 aliphatic heterocycles. The van der Waals surface area contributed by atoms with E-state index in [0.29, 0.717) is 28.5 Å². The highest BCUT2D eigenvalue weighted by atomic mass is 35.5. The molecule has 0 spiro atoms. The third-order valence-corrected chi connectivity index (χ3v) is 3.65. The van der Waals surface area contributed by atoms with Crippen molar-refractivity contribution in [3.63, 3.8) is 0 Å². The van der Waals surface area contributed by atoms with Gasteiger partial charge in [0.25, 0.3) is 0 Å². The molecule has 22 heavy (non-hydrogen) atoms. The number of halogens is 2. The van der Waals surface area contributed by atoms with Gasteiger partial charge < -0.3 is 4.74 Å². The van der Waals surface area contributed by atoms with Gasteiger partial charge >= 0.3 is 0 Å². The van der Waals surface area contributed by atoms with E-state index in [-0.39, 0.29) is 5.82 Å². The van der Waals surface area contributed by atoms with Crippen LogP contribution in [0.3, 0.4) is 0 Å². The minimum atomic E-state index is -0.340. The van der Waals surface area contributed by atoms with Crippen LogP contribution in [0.1, 0.15) is 5.56 Å². The SMILES string of the molecule is Fc1cccc(Cl)c1-c1cccc(OCc2ccccc2)c1. The molecule has 3 aromatic rings. The Labute approximate surface area is 133 Å². The minimum absolute atomic E-state index is 0.340. The lowest BCUT2D eigenvalue weighted by Gasteiger charge is -2.10. The second-order valence-electron chi connectivity index (χ2n) is 4.90. The first kappa shape index (κ1) is 14.6. The van der Waals surface area contributed by atoms with Crippen LogP contribution >= 0.6 is 11.6 Å². The van der Waals surface area contributed by atoms with Crippen molar-refractivity contribution in [2.45, 2.75) is 6.61 Å². The summed E-state index contributed by atoms with van der Waals surface area (Å²) in [5, 5.41) is 0.389. The molecule has 0 saturated carbocycles. The third-order valence-electron chi connectivity index (χ3n) is 3.33. The average molecular weight is 313 g/mol. The second kappa shape index (κ2) is 6.63. The number of benzene rings is 3. The Morgan fingerprint density at radius 3 is 2.41 bits per heavy atom. The van der Waals surface area contributed by atoms with E-state index >= 15 is 0 Å². The molecular weight excluding hydrogens is 299 g/mol. The van der Waals surface area contributed by atoms with Crippen molar-refractivity contribution < 1.29 is 9.13 Å². The maximum Gasteiger partial charge on any atom is 0.132 e. The highest BCUT2D eigenvalue weighted by Crippen LogP contribution is 2.32. The van der Waals surface area contributed by atoms with Gasteiger partial charge in [0.1, 0.15) is 18.2 Å². The Morgan fingerprint density at radius 2 is 1.64 bits per heavy atom. The molecule has 110 valence electrons. The average Bonchev–Trinajstić information content (AvgIpc) is 2.54. The summed E-state index contributed by atoms with van der Waals surface area (Å²) in [6, 6.07) is 21.9.